The predicted molar refractivity (Wildman–Crippen MR) is 48.6 cm³/mol. The third-order valence-corrected chi connectivity index (χ3v) is 1.63. The smallest absolute Gasteiger partial charge is 0.347 e. The van der Waals surface area contributed by atoms with E-state index in [2.05, 4.69) is 0 Å². The van der Waals surface area contributed by atoms with Gasteiger partial charge >= 0.3 is 6.03 Å². The Morgan fingerprint density at radius 2 is 2.00 bits per heavy atom. The van der Waals surface area contributed by atoms with E-state index in [1.165, 1.54) is 0 Å². The molecule has 1 aromatic carbocycles. The lowest BCUT2D eigenvalue weighted by atomic mass is 10.2. The third-order valence-electron chi connectivity index (χ3n) is 1.63. The fraction of sp³-hybridized carbons (Fsp3) is 0.125. The van der Waals surface area contributed by atoms with E-state index in [9.17, 15) is 14.9 Å². The molecule has 14 heavy (non-hydrogen) atoms. The summed E-state index contributed by atoms with van der Waals surface area (Å²) in [7, 11) is 0. The number of urea groups is 1. The molecule has 1 aromatic rings. The second-order valence-electron chi connectivity index (χ2n) is 2.62. The number of carbonyl (C=O) groups excluding carboxylic acids is 1. The molecule has 1 rings (SSSR count). The number of benzene rings is 1. The molecule has 0 atom stereocenters. The van der Waals surface area contributed by atoms with Crippen molar-refractivity contribution in [2.45, 2.75) is 6.54 Å². The molecule has 2 amide bonds. The summed E-state index contributed by atoms with van der Waals surface area (Å²) in [6.07, 6.45) is 0. The van der Waals surface area contributed by atoms with E-state index in [0.717, 1.165) is 0 Å². The van der Waals surface area contributed by atoms with Gasteiger partial charge in [-0.3, -0.25) is 0 Å². The fourth-order valence-corrected chi connectivity index (χ4v) is 0.972. The molecule has 0 bridgehead atoms. The molecule has 0 aliphatic rings. The first kappa shape index (κ1) is 9.97. The Labute approximate surface area is 80.0 Å². The molecule has 2 N–H and O–H groups in total. The van der Waals surface area contributed by atoms with Crippen LogP contribution in [0.4, 0.5) is 4.79 Å². The SMILES string of the molecule is NC(=O)N(Cc1ccccc1)[N+](=O)[O-]. The van der Waals surface area contributed by atoms with Crippen molar-refractivity contribution in [1.82, 2.24) is 5.01 Å². The summed E-state index contributed by atoms with van der Waals surface area (Å²) >= 11 is 0. The van der Waals surface area contributed by atoms with Crippen molar-refractivity contribution in [3.63, 3.8) is 0 Å². The van der Waals surface area contributed by atoms with Crippen LogP contribution in [0.25, 0.3) is 0 Å². The zero-order valence-corrected chi connectivity index (χ0v) is 7.29. The lowest BCUT2D eigenvalue weighted by Gasteiger charge is -2.08. The van der Waals surface area contributed by atoms with E-state index in [-0.39, 0.29) is 6.54 Å². The Kier molecular flexibility index (Phi) is 3.01. The first-order chi connectivity index (χ1) is 6.61. The van der Waals surface area contributed by atoms with Crippen LogP contribution in [0.2, 0.25) is 0 Å². The van der Waals surface area contributed by atoms with Gasteiger partial charge in [0, 0.05) is 0 Å². The zero-order chi connectivity index (χ0) is 10.6. The first-order valence-corrected chi connectivity index (χ1v) is 3.86. The molecule has 0 fully saturated rings. The van der Waals surface area contributed by atoms with Crippen LogP contribution in [0, 0.1) is 10.1 Å². The Bertz CT molecular complexity index is 325. The van der Waals surface area contributed by atoms with E-state index in [4.69, 9.17) is 5.73 Å². The normalized spacial score (nSPS) is 9.43. The van der Waals surface area contributed by atoms with Gasteiger partial charge in [-0.2, -0.15) is 0 Å². The van der Waals surface area contributed by atoms with Crippen molar-refractivity contribution in [3.05, 3.63) is 46.0 Å². The lowest BCUT2D eigenvalue weighted by Crippen LogP contribution is -2.39. The van der Waals surface area contributed by atoms with Gasteiger partial charge in [-0.15, -0.1) is 0 Å². The average Bonchev–Trinajstić information content (AvgIpc) is 2.15. The number of primary amides is 1. The highest BCUT2D eigenvalue weighted by atomic mass is 16.7. The van der Waals surface area contributed by atoms with Gasteiger partial charge in [-0.05, 0) is 10.6 Å². The lowest BCUT2D eigenvalue weighted by molar-refractivity contribution is -0.635. The molecule has 0 heterocycles. The summed E-state index contributed by atoms with van der Waals surface area (Å²) in [5, 5.41) is 9.91. The van der Waals surface area contributed by atoms with Crippen LogP contribution in [-0.4, -0.2) is 16.1 Å². The minimum atomic E-state index is -1.07. The maximum atomic E-state index is 10.7. The molecule has 6 nitrogen and oxygen atoms in total. The van der Waals surface area contributed by atoms with Gasteiger partial charge in [-0.25, -0.2) is 14.9 Å². The minimum Gasteiger partial charge on any atom is -0.347 e. The molecular formula is C8H9N3O3. The largest absolute Gasteiger partial charge is 0.373 e. The number of nitrogens with zero attached hydrogens (tertiary/aromatic N) is 2. The number of carbonyl (C=O) groups is 1. The third kappa shape index (κ3) is 2.44. The number of hydrogen-bond donors (Lipinski definition) is 1. The summed E-state index contributed by atoms with van der Waals surface area (Å²) in [5.41, 5.74) is 5.49. The van der Waals surface area contributed by atoms with Crippen LogP contribution >= 0.6 is 0 Å². The van der Waals surface area contributed by atoms with Crippen molar-refractivity contribution in [3.8, 4) is 0 Å². The molecule has 0 spiro atoms. The van der Waals surface area contributed by atoms with Crippen molar-refractivity contribution < 1.29 is 9.83 Å². The summed E-state index contributed by atoms with van der Waals surface area (Å²) < 4.78 is 0. The van der Waals surface area contributed by atoms with Gasteiger partial charge in [0.15, 0.2) is 5.03 Å². The molecule has 0 saturated heterocycles. The first-order valence-electron chi connectivity index (χ1n) is 3.86. The summed E-state index contributed by atoms with van der Waals surface area (Å²) in [5.74, 6) is 0. The highest BCUT2D eigenvalue weighted by molar-refractivity contribution is 5.70. The Balaban J connectivity index is 2.75. The van der Waals surface area contributed by atoms with Gasteiger partial charge < -0.3 is 5.73 Å². The molecule has 74 valence electrons. The van der Waals surface area contributed by atoms with Crippen LogP contribution in [0.5, 0.6) is 0 Å². The quantitative estimate of drug-likeness (QED) is 0.570. The molecule has 0 aliphatic heterocycles. The number of hydrogen-bond acceptors (Lipinski definition) is 3. The van der Waals surface area contributed by atoms with E-state index >= 15 is 0 Å². The second kappa shape index (κ2) is 4.22. The molecular weight excluding hydrogens is 186 g/mol. The van der Waals surface area contributed by atoms with E-state index < -0.39 is 11.1 Å². The number of nitro groups is 1. The number of nitrogens with two attached hydrogens (primary N) is 1. The monoisotopic (exact) mass is 195 g/mol. The maximum Gasteiger partial charge on any atom is 0.373 e. The summed E-state index contributed by atoms with van der Waals surface area (Å²) in [6.45, 7) is -0.122. The van der Waals surface area contributed by atoms with Crippen LogP contribution in [-0.2, 0) is 6.54 Å². The Hall–Kier alpha value is -2.11. The van der Waals surface area contributed by atoms with Gasteiger partial charge in [0.1, 0.15) is 6.54 Å². The van der Waals surface area contributed by atoms with E-state index in [1.54, 1.807) is 30.3 Å². The highest BCUT2D eigenvalue weighted by Gasteiger charge is 2.20. The van der Waals surface area contributed by atoms with Gasteiger partial charge in [0.2, 0.25) is 0 Å². The molecule has 0 saturated carbocycles. The predicted octanol–water partition coefficient (Wildman–Crippen LogP) is 0.759. The van der Waals surface area contributed by atoms with Crippen molar-refractivity contribution in [1.29, 1.82) is 0 Å². The molecule has 0 radical (unpaired) electrons. The van der Waals surface area contributed by atoms with E-state index in [1.807, 2.05) is 0 Å². The standard InChI is InChI=1S/C8H9N3O3/c9-8(12)10(11(13)14)6-7-4-2-1-3-5-7/h1-5H,6H2,(H2,9,12). The molecule has 0 unspecified atom stereocenters. The van der Waals surface area contributed by atoms with Crippen LogP contribution in [0.1, 0.15) is 5.56 Å². The van der Waals surface area contributed by atoms with Crippen molar-refractivity contribution in [2.24, 2.45) is 5.73 Å². The molecule has 6 heteroatoms. The maximum absolute atomic E-state index is 10.7. The van der Waals surface area contributed by atoms with Crippen molar-refractivity contribution >= 4 is 6.03 Å². The molecule has 0 aliphatic carbocycles. The second-order valence-corrected chi connectivity index (χ2v) is 2.62. The number of amides is 2. The topological polar surface area (TPSA) is 89.5 Å². The Morgan fingerprint density at radius 3 is 2.43 bits per heavy atom. The van der Waals surface area contributed by atoms with Gasteiger partial charge in [0.25, 0.3) is 0 Å². The summed E-state index contributed by atoms with van der Waals surface area (Å²) in [4.78, 5) is 21.0. The van der Waals surface area contributed by atoms with Crippen LogP contribution in [0.3, 0.4) is 0 Å². The van der Waals surface area contributed by atoms with Gasteiger partial charge in [0.05, 0.1) is 0 Å². The van der Waals surface area contributed by atoms with Crippen molar-refractivity contribution in [2.75, 3.05) is 0 Å². The zero-order valence-electron chi connectivity index (χ0n) is 7.29. The number of rotatable bonds is 3. The van der Waals surface area contributed by atoms with Crippen LogP contribution < -0.4 is 5.73 Å². The van der Waals surface area contributed by atoms with Gasteiger partial charge in [-0.1, -0.05) is 30.3 Å². The number of hydrazine groups is 1. The average molecular weight is 195 g/mol. The Morgan fingerprint density at radius 1 is 1.43 bits per heavy atom. The fourth-order valence-electron chi connectivity index (χ4n) is 0.972. The van der Waals surface area contributed by atoms with E-state index in [0.29, 0.717) is 10.6 Å². The highest BCUT2D eigenvalue weighted by Crippen LogP contribution is 2.03. The summed E-state index contributed by atoms with van der Waals surface area (Å²) in [6, 6.07) is 7.53. The van der Waals surface area contributed by atoms with Crippen LogP contribution in [0.15, 0.2) is 30.3 Å². The minimum absolute atomic E-state index is 0.122. The molecule has 0 aromatic heterocycles.